The van der Waals surface area contributed by atoms with E-state index in [0.717, 1.165) is 24.2 Å². The molecule has 2 unspecified atom stereocenters. The van der Waals surface area contributed by atoms with Crippen molar-refractivity contribution in [1.82, 2.24) is 0 Å². The summed E-state index contributed by atoms with van der Waals surface area (Å²) in [6.45, 7) is 3.20. The molecule has 0 bridgehead atoms. The van der Waals surface area contributed by atoms with E-state index in [1.807, 2.05) is 0 Å². The van der Waals surface area contributed by atoms with Crippen LogP contribution in [0.25, 0.3) is 0 Å². The molecule has 0 spiro atoms. The molecule has 1 saturated heterocycles. The quantitative estimate of drug-likeness (QED) is 0.518. The fourth-order valence-electron chi connectivity index (χ4n) is 4.47. The highest BCUT2D eigenvalue weighted by Crippen LogP contribution is 2.37. The van der Waals surface area contributed by atoms with Crippen LogP contribution in [0.15, 0.2) is 36.4 Å². The molecule has 1 aromatic carbocycles. The Labute approximate surface area is 160 Å². The first-order valence-corrected chi connectivity index (χ1v) is 10.7. The maximum atomic E-state index is 6.06. The van der Waals surface area contributed by atoms with Gasteiger partial charge in [-0.05, 0) is 74.5 Å². The highest BCUT2D eigenvalue weighted by Gasteiger charge is 2.22. The first-order chi connectivity index (χ1) is 12.8. The largest absolute Gasteiger partial charge is 0.497 e. The van der Waals surface area contributed by atoms with Gasteiger partial charge in [-0.15, -0.1) is 0 Å². The predicted octanol–water partition coefficient (Wildman–Crippen LogP) is 6.51. The minimum atomic E-state index is 0.527. The van der Waals surface area contributed by atoms with E-state index in [0.29, 0.717) is 12.0 Å². The van der Waals surface area contributed by atoms with E-state index >= 15 is 0 Å². The van der Waals surface area contributed by atoms with Gasteiger partial charge in [0, 0.05) is 5.92 Å². The van der Waals surface area contributed by atoms with E-state index in [1.165, 1.54) is 63.4 Å². The van der Waals surface area contributed by atoms with E-state index < -0.39 is 0 Å². The minimum absolute atomic E-state index is 0.527. The molecule has 0 aromatic heterocycles. The number of rotatable bonds is 7. The second kappa shape index (κ2) is 10.2. The third-order valence-electron chi connectivity index (χ3n) is 6.30. The van der Waals surface area contributed by atoms with Crippen LogP contribution in [0.5, 0.6) is 5.75 Å². The van der Waals surface area contributed by atoms with Crippen molar-refractivity contribution in [2.45, 2.75) is 76.7 Å². The second-order valence-corrected chi connectivity index (χ2v) is 8.20. The molecule has 2 aliphatic rings. The van der Waals surface area contributed by atoms with Gasteiger partial charge < -0.3 is 9.47 Å². The summed E-state index contributed by atoms with van der Waals surface area (Å²) in [7, 11) is 1.73. The Morgan fingerprint density at radius 3 is 2.27 bits per heavy atom. The summed E-state index contributed by atoms with van der Waals surface area (Å²) in [5.74, 6) is 3.09. The van der Waals surface area contributed by atoms with Gasteiger partial charge in [-0.1, -0.05) is 44.1 Å². The van der Waals surface area contributed by atoms with Crippen LogP contribution in [0.2, 0.25) is 0 Å². The summed E-state index contributed by atoms with van der Waals surface area (Å²) < 4.78 is 11.3. The molecule has 2 heteroatoms. The molecule has 1 heterocycles. The van der Waals surface area contributed by atoms with E-state index in [-0.39, 0.29) is 0 Å². The molecule has 0 amide bonds. The van der Waals surface area contributed by atoms with Gasteiger partial charge in [-0.25, -0.2) is 0 Å². The number of methoxy groups -OCH3 is 1. The third-order valence-corrected chi connectivity index (χ3v) is 6.30. The Hall–Kier alpha value is -1.28. The van der Waals surface area contributed by atoms with Gasteiger partial charge in [0.2, 0.25) is 0 Å². The van der Waals surface area contributed by atoms with E-state index in [2.05, 4.69) is 43.3 Å². The standard InChI is InChI=1S/C24H36O2/c1-3-4-5-24-15-10-20(18-26-24)7-6-19-8-11-21(12-9-19)22-13-16-23(25-2)17-14-22/h6-7,13-14,16-17,19-21,24H,3-5,8-12,15,18H2,1-2H3/b7-6+. The SMILES string of the molecule is CCCCC1CCC(/C=C/C2CCC(c3ccc(OC)cc3)CC2)CO1. The zero-order valence-corrected chi connectivity index (χ0v) is 16.7. The van der Waals surface area contributed by atoms with Crippen LogP contribution in [0.3, 0.4) is 0 Å². The second-order valence-electron chi connectivity index (χ2n) is 8.20. The molecule has 1 aliphatic heterocycles. The molecule has 144 valence electrons. The summed E-state index contributed by atoms with van der Waals surface area (Å²) in [6.07, 6.45) is 17.2. The molecule has 26 heavy (non-hydrogen) atoms. The molecule has 1 saturated carbocycles. The average Bonchev–Trinajstić information content (AvgIpc) is 2.72. The smallest absolute Gasteiger partial charge is 0.118 e. The fraction of sp³-hybridized carbons (Fsp3) is 0.667. The lowest BCUT2D eigenvalue weighted by atomic mass is 9.78. The summed E-state index contributed by atoms with van der Waals surface area (Å²) >= 11 is 0. The first-order valence-electron chi connectivity index (χ1n) is 10.7. The van der Waals surface area contributed by atoms with Gasteiger partial charge in [0.1, 0.15) is 5.75 Å². The lowest BCUT2D eigenvalue weighted by molar-refractivity contribution is -0.00927. The number of hydrogen-bond donors (Lipinski definition) is 0. The summed E-state index contributed by atoms with van der Waals surface area (Å²) in [4.78, 5) is 0. The Morgan fingerprint density at radius 2 is 1.65 bits per heavy atom. The first kappa shape index (κ1) is 19.5. The molecule has 1 aromatic rings. The fourth-order valence-corrected chi connectivity index (χ4v) is 4.47. The summed E-state index contributed by atoms with van der Waals surface area (Å²) in [5.41, 5.74) is 1.48. The highest BCUT2D eigenvalue weighted by atomic mass is 16.5. The highest BCUT2D eigenvalue weighted by molar-refractivity contribution is 5.29. The van der Waals surface area contributed by atoms with Gasteiger partial charge >= 0.3 is 0 Å². The Kier molecular flexibility index (Phi) is 7.61. The van der Waals surface area contributed by atoms with Gasteiger partial charge in [-0.2, -0.15) is 0 Å². The van der Waals surface area contributed by atoms with Crippen molar-refractivity contribution in [2.24, 2.45) is 11.8 Å². The molecule has 0 radical (unpaired) electrons. The van der Waals surface area contributed by atoms with Crippen molar-refractivity contribution >= 4 is 0 Å². The zero-order chi connectivity index (χ0) is 18.2. The molecule has 3 rings (SSSR count). The maximum Gasteiger partial charge on any atom is 0.118 e. The van der Waals surface area contributed by atoms with Crippen molar-refractivity contribution in [1.29, 1.82) is 0 Å². The van der Waals surface area contributed by atoms with Crippen molar-refractivity contribution < 1.29 is 9.47 Å². The van der Waals surface area contributed by atoms with E-state index in [9.17, 15) is 0 Å². The normalized spacial score (nSPS) is 29.8. The lowest BCUT2D eigenvalue weighted by Gasteiger charge is -2.29. The van der Waals surface area contributed by atoms with E-state index in [4.69, 9.17) is 9.47 Å². The summed E-state index contributed by atoms with van der Waals surface area (Å²) in [5, 5.41) is 0. The topological polar surface area (TPSA) is 18.5 Å². The number of unbranched alkanes of at least 4 members (excludes halogenated alkanes) is 1. The molecule has 2 atom stereocenters. The van der Waals surface area contributed by atoms with Crippen LogP contribution in [0, 0.1) is 11.8 Å². The van der Waals surface area contributed by atoms with Crippen LogP contribution >= 0.6 is 0 Å². The predicted molar refractivity (Wildman–Crippen MR) is 109 cm³/mol. The average molecular weight is 357 g/mol. The van der Waals surface area contributed by atoms with E-state index in [1.54, 1.807) is 7.11 Å². The van der Waals surface area contributed by atoms with Crippen LogP contribution in [0.1, 0.15) is 76.2 Å². The number of allylic oxidation sites excluding steroid dienone is 1. The molecule has 1 aliphatic carbocycles. The number of benzene rings is 1. The molecular weight excluding hydrogens is 320 g/mol. The van der Waals surface area contributed by atoms with Crippen LogP contribution in [-0.2, 0) is 4.74 Å². The molecule has 2 fully saturated rings. The van der Waals surface area contributed by atoms with Crippen molar-refractivity contribution in [3.05, 3.63) is 42.0 Å². The maximum absolute atomic E-state index is 6.06. The lowest BCUT2D eigenvalue weighted by Crippen LogP contribution is -2.25. The Bertz CT molecular complexity index is 532. The minimum Gasteiger partial charge on any atom is -0.497 e. The Balaban J connectivity index is 1.39. The molecule has 0 N–H and O–H groups in total. The zero-order valence-electron chi connectivity index (χ0n) is 16.7. The molecule has 2 nitrogen and oxygen atoms in total. The van der Waals surface area contributed by atoms with Crippen molar-refractivity contribution in [3.63, 3.8) is 0 Å². The molecular formula is C24H36O2. The van der Waals surface area contributed by atoms with Gasteiger partial charge in [0.25, 0.3) is 0 Å². The van der Waals surface area contributed by atoms with Gasteiger partial charge in [0.05, 0.1) is 19.8 Å². The van der Waals surface area contributed by atoms with Gasteiger partial charge in [-0.3, -0.25) is 0 Å². The van der Waals surface area contributed by atoms with Crippen molar-refractivity contribution in [3.8, 4) is 5.75 Å². The third kappa shape index (κ3) is 5.61. The summed E-state index contributed by atoms with van der Waals surface area (Å²) in [6, 6.07) is 8.68. The number of hydrogen-bond acceptors (Lipinski definition) is 2. The Morgan fingerprint density at radius 1 is 0.962 bits per heavy atom. The van der Waals surface area contributed by atoms with Crippen LogP contribution < -0.4 is 4.74 Å². The van der Waals surface area contributed by atoms with Crippen molar-refractivity contribution in [2.75, 3.05) is 13.7 Å². The number of ether oxygens (including phenoxy) is 2. The van der Waals surface area contributed by atoms with Crippen LogP contribution in [-0.4, -0.2) is 19.8 Å². The monoisotopic (exact) mass is 356 g/mol. The van der Waals surface area contributed by atoms with Gasteiger partial charge in [0.15, 0.2) is 0 Å². The van der Waals surface area contributed by atoms with Crippen LogP contribution in [0.4, 0.5) is 0 Å².